The van der Waals surface area contributed by atoms with Gasteiger partial charge in [0.05, 0.1) is 35.9 Å². The van der Waals surface area contributed by atoms with Gasteiger partial charge >= 0.3 is 6.18 Å². The number of anilines is 1. The molecule has 13 heteroatoms. The number of hydrogen-bond acceptors (Lipinski definition) is 7. The van der Waals surface area contributed by atoms with Crippen molar-refractivity contribution in [2.75, 3.05) is 24.7 Å². The van der Waals surface area contributed by atoms with Crippen molar-refractivity contribution in [3.05, 3.63) is 47.2 Å². The van der Waals surface area contributed by atoms with Gasteiger partial charge in [0.2, 0.25) is 0 Å². The van der Waals surface area contributed by atoms with Crippen LogP contribution in [0.25, 0.3) is 0 Å². The van der Waals surface area contributed by atoms with Crippen LogP contribution in [-0.4, -0.2) is 49.6 Å². The maximum Gasteiger partial charge on any atom is 0.416 e. The second kappa shape index (κ2) is 7.83. The van der Waals surface area contributed by atoms with E-state index in [1.807, 2.05) is 0 Å². The third kappa shape index (κ3) is 4.92. The minimum atomic E-state index is -4.55. The Balaban J connectivity index is 1.83. The number of aromatic amines is 1. The lowest BCUT2D eigenvalue weighted by Crippen LogP contribution is -2.23. The van der Waals surface area contributed by atoms with Crippen LogP contribution in [0, 0.1) is 0 Å². The molecule has 1 aromatic carbocycles. The molecule has 0 saturated carbocycles. The van der Waals surface area contributed by atoms with Crippen molar-refractivity contribution >= 4 is 27.6 Å². The summed E-state index contributed by atoms with van der Waals surface area (Å²) >= 11 is 0. The van der Waals surface area contributed by atoms with Crippen LogP contribution in [0.3, 0.4) is 0 Å². The van der Waals surface area contributed by atoms with Crippen molar-refractivity contribution in [1.29, 1.82) is 0 Å². The van der Waals surface area contributed by atoms with E-state index in [0.717, 1.165) is 18.4 Å². The third-order valence-electron chi connectivity index (χ3n) is 3.99. The fraction of sp³-hybridized carbons (Fsp3) is 0.312. The van der Waals surface area contributed by atoms with Crippen LogP contribution in [0.2, 0.25) is 0 Å². The Kier molecular flexibility index (Phi) is 5.61. The Morgan fingerprint density at radius 3 is 2.76 bits per heavy atom. The van der Waals surface area contributed by atoms with E-state index in [4.69, 9.17) is 0 Å². The Labute approximate surface area is 163 Å². The maximum absolute atomic E-state index is 13.0. The number of hydrogen-bond donors (Lipinski definition) is 3. The van der Waals surface area contributed by atoms with E-state index in [2.05, 4.69) is 30.2 Å². The largest absolute Gasteiger partial charge is 0.416 e. The predicted octanol–water partition coefficient (Wildman–Crippen LogP) is 1.43. The van der Waals surface area contributed by atoms with Crippen molar-refractivity contribution < 1.29 is 30.6 Å². The molecule has 29 heavy (non-hydrogen) atoms. The van der Waals surface area contributed by atoms with Gasteiger partial charge in [-0.25, -0.2) is 5.43 Å². The molecule has 0 fully saturated rings. The summed E-state index contributed by atoms with van der Waals surface area (Å²) in [7, 11) is -3.60. The summed E-state index contributed by atoms with van der Waals surface area (Å²) in [4.78, 5) is 12.3. The molecular weight excluding hydrogens is 415 g/mol. The van der Waals surface area contributed by atoms with Gasteiger partial charge in [0, 0.05) is 6.54 Å². The number of H-pyrrole nitrogens is 1. The van der Waals surface area contributed by atoms with Gasteiger partial charge in [-0.15, -0.1) is 0 Å². The highest BCUT2D eigenvalue weighted by Gasteiger charge is 2.37. The lowest BCUT2D eigenvalue weighted by atomic mass is 9.90. The van der Waals surface area contributed by atoms with Crippen LogP contribution >= 0.6 is 0 Å². The number of aromatic nitrogens is 2. The molecule has 0 aliphatic carbocycles. The van der Waals surface area contributed by atoms with Crippen LogP contribution in [-0.2, 0) is 25.3 Å². The molecule has 2 aromatic rings. The van der Waals surface area contributed by atoms with E-state index in [1.54, 1.807) is 0 Å². The van der Waals surface area contributed by atoms with Crippen LogP contribution in [0.15, 0.2) is 35.6 Å². The number of carbonyl (C=O) groups excluding carboxylic acids is 1. The first-order chi connectivity index (χ1) is 13.6. The number of carbonyl (C=O) groups is 1. The number of benzene rings is 1. The van der Waals surface area contributed by atoms with Gasteiger partial charge in [-0.1, -0.05) is 18.2 Å². The molecule has 1 unspecified atom stereocenters. The van der Waals surface area contributed by atoms with Gasteiger partial charge in [-0.3, -0.25) is 14.1 Å². The Morgan fingerprint density at radius 1 is 1.31 bits per heavy atom. The highest BCUT2D eigenvalue weighted by Crippen LogP contribution is 2.33. The number of rotatable bonds is 7. The molecule has 156 valence electrons. The van der Waals surface area contributed by atoms with Crippen molar-refractivity contribution in [3.8, 4) is 0 Å². The number of alkyl halides is 3. The van der Waals surface area contributed by atoms with Crippen LogP contribution in [0.1, 0.15) is 22.6 Å². The number of halogens is 3. The molecule has 3 N–H and O–H groups in total. The van der Waals surface area contributed by atoms with E-state index < -0.39 is 33.7 Å². The standard InChI is InChI=1S/C16H16F3N5O4S/c1-29(26,27)28-6-5-20-14-11(8-21-23-14)13-12(15(25)24-22-13)9-3-2-4-10(7-9)16(17,18)19/h2-4,7-8,12H,5-6H2,1H3,(H,24,25)(H2,20,21,23). The number of amides is 1. The second-order valence-electron chi connectivity index (χ2n) is 6.14. The molecule has 9 nitrogen and oxygen atoms in total. The molecule has 1 aliphatic rings. The van der Waals surface area contributed by atoms with Gasteiger partial charge in [-0.2, -0.15) is 31.8 Å². The quantitative estimate of drug-likeness (QED) is 0.450. The maximum atomic E-state index is 13.0. The average molecular weight is 431 g/mol. The topological polar surface area (TPSA) is 126 Å². The predicted molar refractivity (Wildman–Crippen MR) is 96.7 cm³/mol. The zero-order chi connectivity index (χ0) is 21.2. The summed E-state index contributed by atoms with van der Waals surface area (Å²) in [6.45, 7) is -0.0663. The summed E-state index contributed by atoms with van der Waals surface area (Å²) in [5.41, 5.74) is 2.05. The smallest absolute Gasteiger partial charge is 0.368 e. The zero-order valence-corrected chi connectivity index (χ0v) is 15.8. The molecule has 1 aromatic heterocycles. The van der Waals surface area contributed by atoms with E-state index in [0.29, 0.717) is 11.4 Å². The fourth-order valence-electron chi connectivity index (χ4n) is 2.77. The van der Waals surface area contributed by atoms with Crippen LogP contribution in [0.4, 0.5) is 19.0 Å². The van der Waals surface area contributed by atoms with Gasteiger partial charge in [0.15, 0.2) is 0 Å². The van der Waals surface area contributed by atoms with Gasteiger partial charge in [0.1, 0.15) is 11.7 Å². The average Bonchev–Trinajstić information content (AvgIpc) is 3.23. The third-order valence-corrected chi connectivity index (χ3v) is 4.58. The molecule has 0 spiro atoms. The lowest BCUT2D eigenvalue weighted by molar-refractivity contribution is -0.137. The molecule has 0 bridgehead atoms. The molecule has 2 heterocycles. The first-order valence-corrected chi connectivity index (χ1v) is 10.0. The highest BCUT2D eigenvalue weighted by atomic mass is 32.2. The van der Waals surface area contributed by atoms with Crippen LogP contribution in [0.5, 0.6) is 0 Å². The van der Waals surface area contributed by atoms with E-state index in [-0.39, 0.29) is 24.4 Å². The summed E-state index contributed by atoms with van der Waals surface area (Å²) < 4.78 is 65.7. The van der Waals surface area contributed by atoms with E-state index in [9.17, 15) is 26.4 Å². The summed E-state index contributed by atoms with van der Waals surface area (Å²) in [5.74, 6) is -1.33. The fourth-order valence-corrected chi connectivity index (χ4v) is 3.16. The summed E-state index contributed by atoms with van der Waals surface area (Å²) in [6.07, 6.45) is -2.28. The molecule has 1 amide bonds. The monoisotopic (exact) mass is 431 g/mol. The van der Waals surface area contributed by atoms with E-state index >= 15 is 0 Å². The van der Waals surface area contributed by atoms with Crippen molar-refractivity contribution in [1.82, 2.24) is 15.6 Å². The first kappa shape index (κ1) is 20.8. The zero-order valence-electron chi connectivity index (χ0n) is 14.9. The molecule has 1 aliphatic heterocycles. The van der Waals surface area contributed by atoms with Crippen molar-refractivity contribution in [2.45, 2.75) is 12.1 Å². The summed E-state index contributed by atoms with van der Waals surface area (Å²) in [5, 5.41) is 13.3. The Morgan fingerprint density at radius 2 is 2.07 bits per heavy atom. The Hall–Kier alpha value is -2.93. The minimum Gasteiger partial charge on any atom is -0.368 e. The molecule has 3 rings (SSSR count). The normalized spacial score (nSPS) is 17.2. The molecule has 1 atom stereocenters. The lowest BCUT2D eigenvalue weighted by Gasteiger charge is -2.14. The minimum absolute atomic E-state index is 0.0884. The Bertz CT molecular complexity index is 1050. The molecule has 0 radical (unpaired) electrons. The molecular formula is C16H16F3N5O4S. The summed E-state index contributed by atoms with van der Waals surface area (Å²) in [6, 6.07) is 4.45. The van der Waals surface area contributed by atoms with Gasteiger partial charge in [0.25, 0.3) is 16.0 Å². The first-order valence-electron chi connectivity index (χ1n) is 8.23. The van der Waals surface area contributed by atoms with Crippen molar-refractivity contribution in [3.63, 3.8) is 0 Å². The van der Waals surface area contributed by atoms with Gasteiger partial charge < -0.3 is 5.32 Å². The highest BCUT2D eigenvalue weighted by molar-refractivity contribution is 7.85. The van der Waals surface area contributed by atoms with Crippen molar-refractivity contribution in [2.24, 2.45) is 5.10 Å². The second-order valence-corrected chi connectivity index (χ2v) is 7.78. The molecule has 0 saturated heterocycles. The van der Waals surface area contributed by atoms with Gasteiger partial charge in [-0.05, 0) is 11.6 Å². The van der Waals surface area contributed by atoms with Crippen LogP contribution < -0.4 is 10.7 Å². The van der Waals surface area contributed by atoms with E-state index in [1.165, 1.54) is 18.3 Å². The number of hydrazone groups is 1. The number of nitrogens with zero attached hydrogens (tertiary/aromatic N) is 2. The number of nitrogens with one attached hydrogen (secondary N) is 3. The SMILES string of the molecule is CS(=O)(=O)OCCNc1[nH]ncc1C1=NNC(=O)C1c1cccc(C(F)(F)F)c1.